The van der Waals surface area contributed by atoms with Crippen molar-refractivity contribution in [2.45, 2.75) is 12.6 Å². The molecule has 0 aliphatic heterocycles. The Hall–Kier alpha value is -0.970. The van der Waals surface area contributed by atoms with Gasteiger partial charge in [0.15, 0.2) is 0 Å². The largest absolute Gasteiger partial charge is 0.392 e. The van der Waals surface area contributed by atoms with E-state index in [1.165, 1.54) is 12.1 Å². The third-order valence-corrected chi connectivity index (χ3v) is 1.93. The van der Waals surface area contributed by atoms with Crippen molar-refractivity contribution in [2.24, 2.45) is 11.5 Å². The van der Waals surface area contributed by atoms with Gasteiger partial charge in [-0.15, -0.1) is 0 Å². The lowest BCUT2D eigenvalue weighted by Crippen LogP contribution is -2.22. The van der Waals surface area contributed by atoms with E-state index in [0.29, 0.717) is 11.1 Å². The highest BCUT2D eigenvalue weighted by molar-refractivity contribution is 5.30. The fourth-order valence-electron chi connectivity index (χ4n) is 1.20. The van der Waals surface area contributed by atoms with Crippen LogP contribution < -0.4 is 11.5 Å². The van der Waals surface area contributed by atoms with E-state index in [1.54, 1.807) is 6.07 Å². The van der Waals surface area contributed by atoms with Gasteiger partial charge in [-0.1, -0.05) is 6.07 Å². The van der Waals surface area contributed by atoms with Crippen molar-refractivity contribution in [1.82, 2.24) is 0 Å². The van der Waals surface area contributed by atoms with Crippen LogP contribution in [0.4, 0.5) is 4.39 Å². The molecule has 0 aromatic heterocycles. The van der Waals surface area contributed by atoms with Gasteiger partial charge in [-0.05, 0) is 23.3 Å². The number of nitrogens with two attached hydrogens (primary N) is 2. The fourth-order valence-corrected chi connectivity index (χ4v) is 1.20. The minimum absolute atomic E-state index is 0.221. The molecule has 0 radical (unpaired) electrons. The highest BCUT2D eigenvalue weighted by atomic mass is 19.1. The molecule has 0 bridgehead atoms. The lowest BCUT2D eigenvalue weighted by Gasteiger charge is -2.13. The Labute approximate surface area is 76.2 Å². The maximum atomic E-state index is 12.7. The Morgan fingerprint density at radius 1 is 1.46 bits per heavy atom. The fraction of sp³-hybridized carbons (Fsp3) is 0.333. The SMILES string of the molecule is NC[C@@H](N)c1ccc(F)cc1CO. The summed E-state index contributed by atoms with van der Waals surface area (Å²) < 4.78 is 12.7. The lowest BCUT2D eigenvalue weighted by atomic mass is 10.0. The van der Waals surface area contributed by atoms with Gasteiger partial charge >= 0.3 is 0 Å². The first-order valence-electron chi connectivity index (χ1n) is 4.04. The molecule has 13 heavy (non-hydrogen) atoms. The molecule has 4 heteroatoms. The highest BCUT2D eigenvalue weighted by Gasteiger charge is 2.09. The van der Waals surface area contributed by atoms with E-state index in [9.17, 15) is 4.39 Å². The molecule has 0 aliphatic carbocycles. The standard InChI is InChI=1S/C9H13FN2O/c10-7-1-2-8(9(12)4-11)6(3-7)5-13/h1-3,9,13H,4-5,11-12H2/t9-/m1/s1. The Kier molecular flexibility index (Phi) is 3.36. The molecule has 0 aliphatic rings. The van der Waals surface area contributed by atoms with Crippen LogP contribution in [0, 0.1) is 5.82 Å². The van der Waals surface area contributed by atoms with Crippen LogP contribution in [0.5, 0.6) is 0 Å². The summed E-state index contributed by atoms with van der Waals surface area (Å²) in [6, 6.07) is 3.79. The van der Waals surface area contributed by atoms with Gasteiger partial charge in [0.2, 0.25) is 0 Å². The number of hydrogen-bond acceptors (Lipinski definition) is 3. The Morgan fingerprint density at radius 3 is 2.69 bits per heavy atom. The first-order valence-corrected chi connectivity index (χ1v) is 4.04. The van der Waals surface area contributed by atoms with Crippen molar-refractivity contribution < 1.29 is 9.50 Å². The number of aliphatic hydroxyl groups is 1. The molecule has 5 N–H and O–H groups in total. The summed E-state index contributed by atoms with van der Waals surface area (Å²) in [7, 11) is 0. The van der Waals surface area contributed by atoms with Crippen molar-refractivity contribution in [3.63, 3.8) is 0 Å². The van der Waals surface area contributed by atoms with Gasteiger partial charge in [-0.3, -0.25) is 0 Å². The van der Waals surface area contributed by atoms with Crippen molar-refractivity contribution in [1.29, 1.82) is 0 Å². The minimum Gasteiger partial charge on any atom is -0.392 e. The summed E-state index contributed by atoms with van der Waals surface area (Å²) in [5.74, 6) is -0.378. The Morgan fingerprint density at radius 2 is 2.15 bits per heavy atom. The number of halogens is 1. The van der Waals surface area contributed by atoms with Crippen LogP contribution in [0.3, 0.4) is 0 Å². The van der Waals surface area contributed by atoms with Crippen molar-refractivity contribution in [2.75, 3.05) is 6.54 Å². The van der Waals surface area contributed by atoms with Gasteiger partial charge in [0.25, 0.3) is 0 Å². The van der Waals surface area contributed by atoms with E-state index in [1.807, 2.05) is 0 Å². The van der Waals surface area contributed by atoms with E-state index in [0.717, 1.165) is 0 Å². The molecule has 1 aromatic rings. The molecule has 0 heterocycles. The molecule has 72 valence electrons. The van der Waals surface area contributed by atoms with Crippen molar-refractivity contribution >= 4 is 0 Å². The first kappa shape index (κ1) is 10.1. The quantitative estimate of drug-likeness (QED) is 0.631. The summed E-state index contributed by atoms with van der Waals surface area (Å²) in [5, 5.41) is 8.92. The van der Waals surface area contributed by atoms with Crippen LogP contribution in [0.1, 0.15) is 17.2 Å². The van der Waals surface area contributed by atoms with Gasteiger partial charge < -0.3 is 16.6 Å². The van der Waals surface area contributed by atoms with E-state index < -0.39 is 0 Å². The number of aliphatic hydroxyl groups excluding tert-OH is 1. The van der Waals surface area contributed by atoms with Crippen LogP contribution >= 0.6 is 0 Å². The molecule has 0 amide bonds. The zero-order valence-corrected chi connectivity index (χ0v) is 7.20. The number of benzene rings is 1. The summed E-state index contributed by atoms with van der Waals surface area (Å²) in [4.78, 5) is 0. The zero-order chi connectivity index (χ0) is 9.84. The maximum absolute atomic E-state index is 12.7. The summed E-state index contributed by atoms with van der Waals surface area (Å²) >= 11 is 0. The van der Waals surface area contributed by atoms with E-state index in [2.05, 4.69) is 0 Å². The minimum atomic E-state index is -0.378. The molecule has 0 saturated carbocycles. The van der Waals surface area contributed by atoms with Crippen LogP contribution in [0.15, 0.2) is 18.2 Å². The van der Waals surface area contributed by atoms with Gasteiger partial charge in [-0.25, -0.2) is 4.39 Å². The molecule has 0 unspecified atom stereocenters. The second-order valence-electron chi connectivity index (χ2n) is 2.84. The molecule has 0 fully saturated rings. The first-order chi connectivity index (χ1) is 6.19. The van der Waals surface area contributed by atoms with E-state index >= 15 is 0 Å². The molecule has 0 spiro atoms. The van der Waals surface area contributed by atoms with Gasteiger partial charge in [0, 0.05) is 12.6 Å². The molecule has 3 nitrogen and oxygen atoms in total. The number of rotatable bonds is 3. The Balaban J connectivity index is 3.05. The molecule has 0 saturated heterocycles. The van der Waals surface area contributed by atoms with Crippen LogP contribution in [-0.2, 0) is 6.61 Å². The smallest absolute Gasteiger partial charge is 0.123 e. The lowest BCUT2D eigenvalue weighted by molar-refractivity contribution is 0.279. The number of hydrogen-bond donors (Lipinski definition) is 3. The molecule has 1 atom stereocenters. The molecular formula is C9H13FN2O. The zero-order valence-electron chi connectivity index (χ0n) is 7.20. The van der Waals surface area contributed by atoms with Crippen LogP contribution in [-0.4, -0.2) is 11.7 Å². The second-order valence-corrected chi connectivity index (χ2v) is 2.84. The highest BCUT2D eigenvalue weighted by Crippen LogP contribution is 2.16. The van der Waals surface area contributed by atoms with Gasteiger partial charge in [0.05, 0.1) is 6.61 Å². The van der Waals surface area contributed by atoms with E-state index in [4.69, 9.17) is 16.6 Å². The van der Waals surface area contributed by atoms with Gasteiger partial charge in [-0.2, -0.15) is 0 Å². The van der Waals surface area contributed by atoms with Crippen molar-refractivity contribution in [3.8, 4) is 0 Å². The monoisotopic (exact) mass is 184 g/mol. The molecule has 1 aromatic carbocycles. The summed E-state index contributed by atoms with van der Waals surface area (Å²) in [5.41, 5.74) is 12.2. The molecule has 1 rings (SSSR count). The normalized spacial score (nSPS) is 12.9. The third-order valence-electron chi connectivity index (χ3n) is 1.93. The average Bonchev–Trinajstić information content (AvgIpc) is 2.16. The van der Waals surface area contributed by atoms with Gasteiger partial charge in [0.1, 0.15) is 5.82 Å². The average molecular weight is 184 g/mol. The predicted octanol–water partition coefficient (Wildman–Crippen LogP) is 0.276. The topological polar surface area (TPSA) is 72.3 Å². The third kappa shape index (κ3) is 2.24. The van der Waals surface area contributed by atoms with E-state index in [-0.39, 0.29) is 25.0 Å². The van der Waals surface area contributed by atoms with Crippen molar-refractivity contribution in [3.05, 3.63) is 35.1 Å². The predicted molar refractivity (Wildman–Crippen MR) is 48.3 cm³/mol. The summed E-state index contributed by atoms with van der Waals surface area (Å²) in [6.45, 7) is 0.0550. The summed E-state index contributed by atoms with van der Waals surface area (Å²) in [6.07, 6.45) is 0. The van der Waals surface area contributed by atoms with Crippen LogP contribution in [0.25, 0.3) is 0 Å². The Bertz CT molecular complexity index is 291. The maximum Gasteiger partial charge on any atom is 0.123 e. The molecular weight excluding hydrogens is 171 g/mol. The second kappa shape index (κ2) is 4.32. The van der Waals surface area contributed by atoms with Crippen LogP contribution in [0.2, 0.25) is 0 Å².